The van der Waals surface area contributed by atoms with Crippen molar-refractivity contribution >= 4 is 5.96 Å². The van der Waals surface area contributed by atoms with E-state index in [0.717, 1.165) is 56.4 Å². The van der Waals surface area contributed by atoms with Gasteiger partial charge >= 0.3 is 0 Å². The van der Waals surface area contributed by atoms with Crippen molar-refractivity contribution in [3.8, 4) is 5.75 Å². The zero-order valence-electron chi connectivity index (χ0n) is 19.4. The summed E-state index contributed by atoms with van der Waals surface area (Å²) in [5.74, 6) is 1.66. The van der Waals surface area contributed by atoms with E-state index in [-0.39, 0.29) is 0 Å². The Hall–Kier alpha value is -1.83. The average Bonchev–Trinajstić information content (AvgIpc) is 2.78. The Morgan fingerprint density at radius 3 is 2.37 bits per heavy atom. The molecule has 0 aliphatic carbocycles. The number of hydrogen-bond donors (Lipinski definition) is 2. The topological polar surface area (TPSA) is 67.3 Å². The van der Waals surface area contributed by atoms with Crippen LogP contribution in [-0.4, -0.2) is 77.1 Å². The van der Waals surface area contributed by atoms with Crippen molar-refractivity contribution < 1.29 is 14.2 Å². The maximum Gasteiger partial charge on any atom is 0.191 e. The van der Waals surface area contributed by atoms with Crippen LogP contribution in [0.25, 0.3) is 0 Å². The first kappa shape index (κ1) is 26.2. The predicted octanol–water partition coefficient (Wildman–Crippen LogP) is 2.91. The molecule has 0 atom stereocenters. The van der Waals surface area contributed by atoms with Crippen LogP contribution in [0.15, 0.2) is 29.3 Å². The molecule has 7 heteroatoms. The smallest absolute Gasteiger partial charge is 0.191 e. The van der Waals surface area contributed by atoms with Gasteiger partial charge in [-0.25, -0.2) is 0 Å². The number of aliphatic imine (C=N–C) groups is 1. The summed E-state index contributed by atoms with van der Waals surface area (Å²) in [5, 5.41) is 6.61. The van der Waals surface area contributed by atoms with Gasteiger partial charge in [0.05, 0.1) is 19.8 Å². The number of benzene rings is 1. The Balaban J connectivity index is 2.27. The molecule has 0 spiro atoms. The molecule has 1 rings (SSSR count). The first-order valence-corrected chi connectivity index (χ1v) is 11.3. The lowest BCUT2D eigenvalue weighted by Gasteiger charge is -2.19. The van der Waals surface area contributed by atoms with E-state index >= 15 is 0 Å². The molecule has 1 aromatic rings. The van der Waals surface area contributed by atoms with Gasteiger partial charge in [0.25, 0.3) is 0 Å². The van der Waals surface area contributed by atoms with E-state index < -0.39 is 0 Å². The number of rotatable bonds is 17. The van der Waals surface area contributed by atoms with Crippen molar-refractivity contribution in [2.45, 2.75) is 40.2 Å². The fraction of sp³-hybridized carbons (Fsp3) is 0.696. The fourth-order valence-corrected chi connectivity index (χ4v) is 2.82. The lowest BCUT2D eigenvalue weighted by molar-refractivity contribution is 0.0487. The second-order valence-electron chi connectivity index (χ2n) is 6.91. The maximum atomic E-state index is 6.02. The van der Waals surface area contributed by atoms with Crippen LogP contribution in [0.5, 0.6) is 5.75 Å². The molecular formula is C23H42N4O3. The maximum absolute atomic E-state index is 6.02. The molecule has 0 saturated carbocycles. The van der Waals surface area contributed by atoms with E-state index in [1.165, 1.54) is 0 Å². The quantitative estimate of drug-likeness (QED) is 0.229. The monoisotopic (exact) mass is 422 g/mol. The Morgan fingerprint density at radius 2 is 1.67 bits per heavy atom. The molecule has 0 bridgehead atoms. The molecule has 0 unspecified atom stereocenters. The molecular weight excluding hydrogens is 380 g/mol. The summed E-state index contributed by atoms with van der Waals surface area (Å²) in [5.41, 5.74) is 1.11. The number of para-hydroxylation sites is 1. The molecule has 0 amide bonds. The second-order valence-corrected chi connectivity index (χ2v) is 6.91. The molecule has 1 aromatic carbocycles. The summed E-state index contributed by atoms with van der Waals surface area (Å²) in [6, 6.07) is 8.13. The van der Waals surface area contributed by atoms with Gasteiger partial charge in [-0.3, -0.25) is 4.99 Å². The van der Waals surface area contributed by atoms with Gasteiger partial charge in [-0.05, 0) is 25.6 Å². The van der Waals surface area contributed by atoms with E-state index in [4.69, 9.17) is 14.2 Å². The Morgan fingerprint density at radius 1 is 0.933 bits per heavy atom. The molecule has 0 aromatic heterocycles. The van der Waals surface area contributed by atoms with Crippen LogP contribution in [0.3, 0.4) is 0 Å². The SMILES string of the molecule is CCCCOCCOCCNC(=NC)NCc1ccccc1OCCN(CC)CC. The molecule has 0 saturated heterocycles. The normalized spacial score (nSPS) is 11.7. The Bertz CT molecular complexity index is 565. The zero-order chi connectivity index (χ0) is 21.9. The number of likely N-dealkylation sites (N-methyl/N-ethyl adjacent to an activating group) is 1. The van der Waals surface area contributed by atoms with Crippen LogP contribution in [0.4, 0.5) is 0 Å². The molecule has 7 nitrogen and oxygen atoms in total. The number of unbranched alkanes of at least 4 members (excludes halogenated alkanes) is 1. The first-order chi connectivity index (χ1) is 14.7. The highest BCUT2D eigenvalue weighted by Crippen LogP contribution is 2.17. The molecule has 0 heterocycles. The molecule has 172 valence electrons. The molecule has 30 heavy (non-hydrogen) atoms. The predicted molar refractivity (Wildman–Crippen MR) is 124 cm³/mol. The third-order valence-corrected chi connectivity index (χ3v) is 4.76. The van der Waals surface area contributed by atoms with Gasteiger partial charge in [0.2, 0.25) is 0 Å². The van der Waals surface area contributed by atoms with Crippen LogP contribution in [0.2, 0.25) is 0 Å². The van der Waals surface area contributed by atoms with Gasteiger partial charge in [-0.15, -0.1) is 0 Å². The Labute approximate surface area is 183 Å². The lowest BCUT2D eigenvalue weighted by Crippen LogP contribution is -2.38. The first-order valence-electron chi connectivity index (χ1n) is 11.3. The lowest BCUT2D eigenvalue weighted by atomic mass is 10.2. The van der Waals surface area contributed by atoms with Gasteiger partial charge in [-0.1, -0.05) is 45.4 Å². The van der Waals surface area contributed by atoms with E-state index in [9.17, 15) is 0 Å². The van der Waals surface area contributed by atoms with Crippen LogP contribution < -0.4 is 15.4 Å². The zero-order valence-corrected chi connectivity index (χ0v) is 19.4. The fourth-order valence-electron chi connectivity index (χ4n) is 2.82. The third-order valence-electron chi connectivity index (χ3n) is 4.76. The van der Waals surface area contributed by atoms with E-state index in [1.54, 1.807) is 7.05 Å². The van der Waals surface area contributed by atoms with Gasteiger partial charge in [0.1, 0.15) is 12.4 Å². The van der Waals surface area contributed by atoms with Crippen LogP contribution in [-0.2, 0) is 16.0 Å². The highest BCUT2D eigenvalue weighted by molar-refractivity contribution is 5.79. The minimum absolute atomic E-state index is 0.614. The van der Waals surface area contributed by atoms with Crippen molar-refractivity contribution in [3.05, 3.63) is 29.8 Å². The number of nitrogens with zero attached hydrogens (tertiary/aromatic N) is 2. The summed E-state index contributed by atoms with van der Waals surface area (Å²) in [6.45, 7) is 14.2. The molecule has 0 radical (unpaired) electrons. The molecule has 2 N–H and O–H groups in total. The van der Waals surface area contributed by atoms with E-state index in [0.29, 0.717) is 39.5 Å². The highest BCUT2D eigenvalue weighted by Gasteiger charge is 2.06. The van der Waals surface area contributed by atoms with Gasteiger partial charge in [-0.2, -0.15) is 0 Å². The molecule has 0 fully saturated rings. The third kappa shape index (κ3) is 12.0. The number of nitrogens with one attached hydrogen (secondary N) is 2. The van der Waals surface area contributed by atoms with Crippen LogP contribution >= 0.6 is 0 Å². The minimum atomic E-state index is 0.614. The van der Waals surface area contributed by atoms with Crippen molar-refractivity contribution in [1.29, 1.82) is 0 Å². The Kier molecular flexibility index (Phi) is 15.7. The summed E-state index contributed by atoms with van der Waals surface area (Å²) in [7, 11) is 1.77. The molecule has 0 aliphatic heterocycles. The van der Waals surface area contributed by atoms with Crippen molar-refractivity contribution in [3.63, 3.8) is 0 Å². The summed E-state index contributed by atoms with van der Waals surface area (Å²) in [4.78, 5) is 6.63. The number of ether oxygens (including phenoxy) is 3. The van der Waals surface area contributed by atoms with Crippen LogP contribution in [0.1, 0.15) is 39.2 Å². The van der Waals surface area contributed by atoms with Crippen LogP contribution in [0, 0.1) is 0 Å². The number of guanidine groups is 1. The standard InChI is InChI=1S/C23H42N4O3/c1-5-8-15-28-18-19-29-16-13-25-23(24-4)26-20-21-11-9-10-12-22(21)30-17-14-27(6-2)7-3/h9-12H,5-8,13-20H2,1-4H3,(H2,24,25,26). The van der Waals surface area contributed by atoms with E-state index in [1.807, 2.05) is 18.2 Å². The van der Waals surface area contributed by atoms with Gasteiger partial charge in [0.15, 0.2) is 5.96 Å². The van der Waals surface area contributed by atoms with Crippen molar-refractivity contribution in [2.24, 2.45) is 4.99 Å². The molecule has 0 aliphatic rings. The largest absolute Gasteiger partial charge is 0.492 e. The second kappa shape index (κ2) is 18.0. The summed E-state index contributed by atoms with van der Waals surface area (Å²) in [6.07, 6.45) is 2.26. The van der Waals surface area contributed by atoms with Crippen molar-refractivity contribution in [1.82, 2.24) is 15.5 Å². The summed E-state index contributed by atoms with van der Waals surface area (Å²) >= 11 is 0. The van der Waals surface area contributed by atoms with E-state index in [2.05, 4.69) is 47.4 Å². The highest BCUT2D eigenvalue weighted by atomic mass is 16.5. The number of hydrogen-bond acceptors (Lipinski definition) is 5. The van der Waals surface area contributed by atoms with Gasteiger partial charge < -0.3 is 29.7 Å². The van der Waals surface area contributed by atoms with Gasteiger partial charge in [0, 0.05) is 38.9 Å². The summed E-state index contributed by atoms with van der Waals surface area (Å²) < 4.78 is 17.1. The average molecular weight is 423 g/mol. The van der Waals surface area contributed by atoms with Crippen molar-refractivity contribution in [2.75, 3.05) is 66.3 Å². The minimum Gasteiger partial charge on any atom is -0.492 e.